The smallest absolute Gasteiger partial charge is 0.333 e. The second-order valence-electron chi connectivity index (χ2n) is 23.5. The van der Waals surface area contributed by atoms with Crippen molar-refractivity contribution in [3.63, 3.8) is 0 Å². The van der Waals surface area contributed by atoms with Crippen LogP contribution in [0.2, 0.25) is 0 Å². The van der Waals surface area contributed by atoms with Crippen LogP contribution in [0, 0.1) is 0 Å². The summed E-state index contributed by atoms with van der Waals surface area (Å²) in [7, 11) is 0. The maximum atomic E-state index is 6.82. The van der Waals surface area contributed by atoms with Crippen molar-refractivity contribution in [2.24, 2.45) is 0 Å². The fourth-order valence-electron chi connectivity index (χ4n) is 13.5. The van der Waals surface area contributed by atoms with E-state index in [1.807, 2.05) is 11.3 Å². The van der Waals surface area contributed by atoms with E-state index in [1.165, 1.54) is 133 Å². The standard InChI is InChI=1S/C63H53BN2OS/c1-60(2,3)34-18-20-35(21-19-34)66-52-29-41-40-27-48-49(62(6,7)25-24-61(48,4)5)31-47(40)63(8,9)46(41)28-43(52)38-22-23-39-42-26-45-37-15-11-13-17-56(37)68-57(45)33-51(42)65-53-30-44-36-14-10-12-16-54(36)67-55(44)32-50(53)64(66)58(38)59(39)65/h10-23,26-33H,24-25H2,1-9H3. The Morgan fingerprint density at radius 1 is 0.529 bits per heavy atom. The Morgan fingerprint density at radius 3 is 2.00 bits per heavy atom. The molecule has 8 aromatic carbocycles. The van der Waals surface area contributed by atoms with E-state index in [2.05, 4.69) is 205 Å². The summed E-state index contributed by atoms with van der Waals surface area (Å²) in [6, 6.07) is 52.2. The van der Waals surface area contributed by atoms with Crippen LogP contribution < -0.4 is 15.7 Å². The summed E-state index contributed by atoms with van der Waals surface area (Å²) in [6.45, 7) is 21.6. The number of furan rings is 1. The third kappa shape index (κ3) is 4.91. The van der Waals surface area contributed by atoms with Crippen LogP contribution >= 0.6 is 11.3 Å². The number of nitrogens with zero attached hydrogens (tertiary/aromatic N) is 2. The van der Waals surface area contributed by atoms with Gasteiger partial charge in [-0.2, -0.15) is 0 Å². The summed E-state index contributed by atoms with van der Waals surface area (Å²) in [4.78, 5) is 2.71. The first kappa shape index (κ1) is 39.4. The molecule has 5 heteroatoms. The van der Waals surface area contributed by atoms with E-state index in [0.717, 1.165) is 21.9 Å². The van der Waals surface area contributed by atoms with Crippen LogP contribution in [-0.4, -0.2) is 11.4 Å². The average molecular weight is 897 g/mol. The normalized spacial score (nSPS) is 17.1. The van der Waals surface area contributed by atoms with Crippen LogP contribution in [-0.2, 0) is 21.7 Å². The summed E-state index contributed by atoms with van der Waals surface area (Å²) in [5.74, 6) is 0. The Kier molecular flexibility index (Phi) is 7.28. The molecule has 0 saturated carbocycles. The minimum Gasteiger partial charge on any atom is -0.456 e. The highest BCUT2D eigenvalue weighted by Crippen LogP contribution is 2.58. The Labute approximate surface area is 402 Å². The second kappa shape index (κ2) is 12.6. The van der Waals surface area contributed by atoms with Crippen molar-refractivity contribution in [3.05, 3.63) is 161 Å². The van der Waals surface area contributed by atoms with E-state index in [1.54, 1.807) is 0 Å². The van der Waals surface area contributed by atoms with Gasteiger partial charge >= 0.3 is 6.85 Å². The quantitative estimate of drug-likeness (QED) is 0.153. The first-order valence-electron chi connectivity index (χ1n) is 24.7. The monoisotopic (exact) mass is 896 g/mol. The van der Waals surface area contributed by atoms with Gasteiger partial charge < -0.3 is 13.8 Å². The molecule has 0 atom stereocenters. The van der Waals surface area contributed by atoms with Crippen molar-refractivity contribution < 1.29 is 4.42 Å². The van der Waals surface area contributed by atoms with Crippen LogP contribution in [0.5, 0.6) is 0 Å². The number of hydrogen-bond acceptors (Lipinski definition) is 3. The highest BCUT2D eigenvalue weighted by atomic mass is 32.1. The highest BCUT2D eigenvalue weighted by molar-refractivity contribution is 7.25. The van der Waals surface area contributed by atoms with E-state index in [0.29, 0.717) is 0 Å². The number of rotatable bonds is 1. The SMILES string of the molecule is CC(C)(C)c1ccc(N2B3c4cc5oc6ccccc6c5cc4-n4c5cc6sc7ccccc7c6cc5c5ccc(c3c54)-c3cc4c(cc32)-c2cc3c(cc2C4(C)C)C(C)(C)CCC3(C)C)cc1. The van der Waals surface area contributed by atoms with E-state index >= 15 is 0 Å². The zero-order valence-corrected chi connectivity index (χ0v) is 41.2. The fourth-order valence-corrected chi connectivity index (χ4v) is 14.6. The summed E-state index contributed by atoms with van der Waals surface area (Å²) in [5.41, 5.74) is 23.5. The minimum atomic E-state index is -0.174. The van der Waals surface area contributed by atoms with Crippen molar-refractivity contribution in [2.45, 2.75) is 96.8 Å². The van der Waals surface area contributed by atoms with Gasteiger partial charge in [-0.05, 0) is 151 Å². The first-order chi connectivity index (χ1) is 32.6. The Morgan fingerprint density at radius 2 is 1.22 bits per heavy atom. The molecule has 0 saturated heterocycles. The molecule has 68 heavy (non-hydrogen) atoms. The zero-order valence-electron chi connectivity index (χ0n) is 40.4. The van der Waals surface area contributed by atoms with Gasteiger partial charge in [0.15, 0.2) is 0 Å². The van der Waals surface area contributed by atoms with E-state index in [9.17, 15) is 0 Å². The summed E-state index contributed by atoms with van der Waals surface area (Å²) >= 11 is 1.90. The molecule has 0 radical (unpaired) electrons. The molecule has 15 rings (SSSR count). The number of thiophene rings is 1. The van der Waals surface area contributed by atoms with Crippen LogP contribution in [0.4, 0.5) is 11.4 Å². The third-order valence-corrected chi connectivity index (χ3v) is 18.5. The minimum absolute atomic E-state index is 0.0268. The molecule has 11 aromatic rings. The summed E-state index contributed by atoms with van der Waals surface area (Å²) in [6.07, 6.45) is 2.40. The molecule has 2 aliphatic heterocycles. The molecule has 3 aromatic heterocycles. The average Bonchev–Trinajstić information content (AvgIpc) is 4.03. The van der Waals surface area contributed by atoms with E-state index < -0.39 is 0 Å². The van der Waals surface area contributed by atoms with E-state index in [4.69, 9.17) is 4.42 Å². The van der Waals surface area contributed by atoms with E-state index in [-0.39, 0.29) is 28.5 Å². The van der Waals surface area contributed by atoms with Crippen LogP contribution in [0.15, 0.2) is 138 Å². The van der Waals surface area contributed by atoms with Crippen LogP contribution in [0.3, 0.4) is 0 Å². The van der Waals surface area contributed by atoms with Gasteiger partial charge in [-0.15, -0.1) is 11.3 Å². The fraction of sp³-hybridized carbons (Fsp3) is 0.238. The van der Waals surface area contributed by atoms with Gasteiger partial charge in [0.05, 0.1) is 11.0 Å². The Bertz CT molecular complexity index is 4110. The molecule has 5 heterocycles. The number of hydrogen-bond donors (Lipinski definition) is 0. The first-order valence-corrected chi connectivity index (χ1v) is 25.5. The number of anilines is 2. The lowest BCUT2D eigenvalue weighted by molar-refractivity contribution is 0.331. The molecule has 0 amide bonds. The van der Waals surface area contributed by atoms with Gasteiger partial charge in [0, 0.05) is 69.8 Å². The molecule has 0 spiro atoms. The van der Waals surface area contributed by atoms with Crippen molar-refractivity contribution in [2.75, 3.05) is 4.81 Å². The van der Waals surface area contributed by atoms with Gasteiger partial charge in [0.25, 0.3) is 0 Å². The molecule has 0 unspecified atom stereocenters. The highest BCUT2D eigenvalue weighted by Gasteiger charge is 2.48. The van der Waals surface area contributed by atoms with Crippen LogP contribution in [0.25, 0.3) is 91.9 Å². The molecule has 0 fully saturated rings. The molecule has 3 nitrogen and oxygen atoms in total. The maximum absolute atomic E-state index is 6.82. The zero-order chi connectivity index (χ0) is 46.1. The maximum Gasteiger partial charge on any atom is 0.333 e. The molecule has 0 N–H and O–H groups in total. The van der Waals surface area contributed by atoms with Crippen molar-refractivity contribution >= 4 is 104 Å². The van der Waals surface area contributed by atoms with Gasteiger partial charge in [0.1, 0.15) is 11.2 Å². The number of para-hydroxylation sites is 1. The topological polar surface area (TPSA) is 21.3 Å². The number of aromatic nitrogens is 1. The van der Waals surface area contributed by atoms with Crippen LogP contribution in [0.1, 0.15) is 103 Å². The molecular formula is C63H53BN2OS. The second-order valence-corrected chi connectivity index (χ2v) is 24.6. The van der Waals surface area contributed by atoms with Crippen molar-refractivity contribution in [3.8, 4) is 27.9 Å². The summed E-state index contributed by atoms with van der Waals surface area (Å²) in [5, 5.41) is 7.57. The lowest BCUT2D eigenvalue weighted by Crippen LogP contribution is -2.60. The number of fused-ring (bicyclic) bond motifs is 18. The van der Waals surface area contributed by atoms with Gasteiger partial charge in [0.2, 0.25) is 0 Å². The number of benzene rings is 8. The largest absolute Gasteiger partial charge is 0.456 e. The van der Waals surface area contributed by atoms with Crippen molar-refractivity contribution in [1.82, 2.24) is 4.57 Å². The molecule has 0 bridgehead atoms. The Balaban J connectivity index is 1.08. The molecule has 330 valence electrons. The lowest BCUT2D eigenvalue weighted by atomic mass is 9.44. The predicted octanol–water partition coefficient (Wildman–Crippen LogP) is 16.2. The van der Waals surface area contributed by atoms with Gasteiger partial charge in [-0.1, -0.05) is 129 Å². The third-order valence-electron chi connectivity index (χ3n) is 17.4. The summed E-state index contributed by atoms with van der Waals surface area (Å²) < 4.78 is 12.1. The Hall–Kier alpha value is -6.56. The molecular weight excluding hydrogens is 844 g/mol. The van der Waals surface area contributed by atoms with Gasteiger partial charge in [-0.3, -0.25) is 0 Å². The van der Waals surface area contributed by atoms with Gasteiger partial charge in [-0.25, -0.2) is 0 Å². The van der Waals surface area contributed by atoms with Crippen molar-refractivity contribution in [1.29, 1.82) is 0 Å². The molecule has 2 aliphatic carbocycles. The predicted molar refractivity (Wildman–Crippen MR) is 292 cm³/mol. The molecule has 4 aliphatic rings. The lowest BCUT2D eigenvalue weighted by Gasteiger charge is -2.42.